The maximum absolute atomic E-state index is 5.55. The Balaban J connectivity index is 2.54. The first-order chi connectivity index (χ1) is 6.58. The molecule has 0 spiro atoms. The summed E-state index contributed by atoms with van der Waals surface area (Å²) in [6.07, 6.45) is 0.899. The van der Waals surface area contributed by atoms with Gasteiger partial charge in [0.2, 0.25) is 5.95 Å². The molecule has 1 aromatic rings. The van der Waals surface area contributed by atoms with Crippen molar-refractivity contribution in [3.63, 3.8) is 0 Å². The second-order valence-corrected chi connectivity index (χ2v) is 3.89. The maximum atomic E-state index is 5.55. The monoisotopic (exact) mass is 256 g/mol. The third-order valence-electron chi connectivity index (χ3n) is 1.55. The number of nitrogens with zero attached hydrogens (tertiary/aromatic N) is 2. The van der Waals surface area contributed by atoms with Gasteiger partial charge < -0.3 is 11.1 Å². The lowest BCUT2D eigenvalue weighted by Crippen LogP contribution is -2.07. The number of nitrogen functional groups attached to an aromatic ring is 1. The van der Waals surface area contributed by atoms with Gasteiger partial charge in [-0.25, -0.2) is 4.98 Å². The zero-order chi connectivity index (χ0) is 10.6. The van der Waals surface area contributed by atoms with E-state index in [0.717, 1.165) is 18.5 Å². The summed E-state index contributed by atoms with van der Waals surface area (Å²) in [5, 5.41) is 3.06. The first kappa shape index (κ1) is 11.0. The molecular weight excluding hydrogens is 244 g/mol. The van der Waals surface area contributed by atoms with E-state index in [1.165, 1.54) is 0 Å². The van der Waals surface area contributed by atoms with Crippen LogP contribution in [-0.4, -0.2) is 16.5 Å². The molecule has 4 nitrogen and oxygen atoms in total. The maximum Gasteiger partial charge on any atom is 0.225 e. The molecule has 0 saturated heterocycles. The summed E-state index contributed by atoms with van der Waals surface area (Å²) in [4.78, 5) is 8.14. The Morgan fingerprint density at radius 2 is 2.36 bits per heavy atom. The van der Waals surface area contributed by atoms with Crippen molar-refractivity contribution in [2.75, 3.05) is 17.6 Å². The normalized spacial score (nSPS) is 9.86. The quantitative estimate of drug-likeness (QED) is 0.641. The van der Waals surface area contributed by atoms with Gasteiger partial charge in [0.05, 0.1) is 0 Å². The van der Waals surface area contributed by atoms with Gasteiger partial charge >= 0.3 is 0 Å². The summed E-state index contributed by atoms with van der Waals surface area (Å²) in [5.74, 6) is 0.989. The van der Waals surface area contributed by atoms with Crippen LogP contribution in [0.15, 0.2) is 22.8 Å². The molecule has 0 unspecified atom stereocenters. The van der Waals surface area contributed by atoms with Crippen LogP contribution in [0.4, 0.5) is 11.8 Å². The van der Waals surface area contributed by atoms with E-state index in [4.69, 9.17) is 5.73 Å². The predicted molar refractivity (Wildman–Crippen MR) is 62.1 cm³/mol. The van der Waals surface area contributed by atoms with Crippen LogP contribution in [0.2, 0.25) is 0 Å². The number of aromatic nitrogens is 2. The summed E-state index contributed by atoms with van der Waals surface area (Å²) in [6, 6.07) is 1.66. The third-order valence-corrected chi connectivity index (χ3v) is 1.96. The predicted octanol–water partition coefficient (Wildman–Crippen LogP) is 2.20. The molecule has 0 atom stereocenters. The van der Waals surface area contributed by atoms with Crippen molar-refractivity contribution in [1.29, 1.82) is 0 Å². The number of hydrogen-bond donors (Lipinski definition) is 2. The van der Waals surface area contributed by atoms with Crippen molar-refractivity contribution in [3.05, 3.63) is 22.8 Å². The SMILES string of the molecule is C=C(C)CCNc1nc(N)cc(Br)n1. The molecule has 0 aromatic carbocycles. The van der Waals surface area contributed by atoms with Crippen LogP contribution in [0.25, 0.3) is 0 Å². The van der Waals surface area contributed by atoms with Crippen LogP contribution in [-0.2, 0) is 0 Å². The molecule has 0 amide bonds. The number of rotatable bonds is 4. The van der Waals surface area contributed by atoms with Crippen molar-refractivity contribution in [2.45, 2.75) is 13.3 Å². The Morgan fingerprint density at radius 3 is 2.93 bits per heavy atom. The molecule has 3 N–H and O–H groups in total. The number of halogens is 1. The molecule has 0 saturated carbocycles. The number of hydrogen-bond acceptors (Lipinski definition) is 4. The molecule has 0 radical (unpaired) electrons. The van der Waals surface area contributed by atoms with E-state index in [1.807, 2.05) is 6.92 Å². The van der Waals surface area contributed by atoms with Gasteiger partial charge in [-0.1, -0.05) is 5.57 Å². The van der Waals surface area contributed by atoms with Crippen LogP contribution in [0, 0.1) is 0 Å². The summed E-state index contributed by atoms with van der Waals surface area (Å²) >= 11 is 3.25. The first-order valence-electron chi connectivity index (χ1n) is 4.26. The minimum atomic E-state index is 0.449. The minimum Gasteiger partial charge on any atom is -0.383 e. The largest absolute Gasteiger partial charge is 0.383 e. The summed E-state index contributed by atoms with van der Waals surface area (Å²) in [7, 11) is 0. The van der Waals surface area contributed by atoms with Crippen molar-refractivity contribution in [1.82, 2.24) is 9.97 Å². The summed E-state index contributed by atoms with van der Waals surface area (Å²) in [5.41, 5.74) is 6.68. The molecule has 0 fully saturated rings. The lowest BCUT2D eigenvalue weighted by atomic mass is 10.2. The van der Waals surface area contributed by atoms with E-state index in [1.54, 1.807) is 6.07 Å². The molecule has 14 heavy (non-hydrogen) atoms. The van der Waals surface area contributed by atoms with Gasteiger partial charge in [0.15, 0.2) is 0 Å². The molecule has 76 valence electrons. The molecule has 0 aliphatic rings. The van der Waals surface area contributed by atoms with E-state index in [9.17, 15) is 0 Å². The molecule has 1 aromatic heterocycles. The van der Waals surface area contributed by atoms with Crippen LogP contribution in [0.1, 0.15) is 13.3 Å². The van der Waals surface area contributed by atoms with E-state index in [2.05, 4.69) is 37.8 Å². The van der Waals surface area contributed by atoms with E-state index < -0.39 is 0 Å². The van der Waals surface area contributed by atoms with Gasteiger partial charge in [-0.05, 0) is 29.3 Å². The van der Waals surface area contributed by atoms with Crippen LogP contribution in [0.5, 0.6) is 0 Å². The molecular formula is C9H13BrN4. The number of anilines is 2. The Bertz CT molecular complexity index is 317. The Morgan fingerprint density at radius 1 is 1.64 bits per heavy atom. The summed E-state index contributed by atoms with van der Waals surface area (Å²) < 4.78 is 0.683. The standard InChI is InChI=1S/C9H13BrN4/c1-6(2)3-4-12-9-13-7(10)5-8(11)14-9/h5H,1,3-4H2,2H3,(H3,11,12,13,14). The molecule has 1 heterocycles. The third kappa shape index (κ3) is 3.74. The Hall–Kier alpha value is -1.10. The fraction of sp³-hybridized carbons (Fsp3) is 0.333. The van der Waals surface area contributed by atoms with Gasteiger partial charge in [-0.3, -0.25) is 0 Å². The highest BCUT2D eigenvalue weighted by Gasteiger charge is 1.99. The van der Waals surface area contributed by atoms with E-state index >= 15 is 0 Å². The number of nitrogens with two attached hydrogens (primary N) is 1. The molecule has 5 heteroatoms. The Kier molecular flexibility index (Phi) is 3.88. The fourth-order valence-corrected chi connectivity index (χ4v) is 1.30. The fourth-order valence-electron chi connectivity index (χ4n) is 0.902. The lowest BCUT2D eigenvalue weighted by Gasteiger charge is -2.05. The highest BCUT2D eigenvalue weighted by atomic mass is 79.9. The van der Waals surface area contributed by atoms with Gasteiger partial charge in [0.25, 0.3) is 0 Å². The molecule has 1 rings (SSSR count). The second-order valence-electron chi connectivity index (χ2n) is 3.07. The highest BCUT2D eigenvalue weighted by molar-refractivity contribution is 9.10. The Labute approximate surface area is 91.8 Å². The van der Waals surface area contributed by atoms with Gasteiger partial charge in [0.1, 0.15) is 10.4 Å². The van der Waals surface area contributed by atoms with Crippen molar-refractivity contribution < 1.29 is 0 Å². The average Bonchev–Trinajstić information content (AvgIpc) is 2.01. The topological polar surface area (TPSA) is 63.8 Å². The first-order valence-corrected chi connectivity index (χ1v) is 5.05. The van der Waals surface area contributed by atoms with Crippen LogP contribution in [0.3, 0.4) is 0 Å². The zero-order valence-corrected chi connectivity index (χ0v) is 9.63. The number of nitrogens with one attached hydrogen (secondary N) is 1. The van der Waals surface area contributed by atoms with Crippen molar-refractivity contribution >= 4 is 27.7 Å². The van der Waals surface area contributed by atoms with Gasteiger partial charge in [0, 0.05) is 12.6 Å². The van der Waals surface area contributed by atoms with E-state index in [-0.39, 0.29) is 0 Å². The van der Waals surface area contributed by atoms with Crippen molar-refractivity contribution in [2.24, 2.45) is 0 Å². The van der Waals surface area contributed by atoms with Crippen LogP contribution >= 0.6 is 15.9 Å². The van der Waals surface area contributed by atoms with Crippen molar-refractivity contribution in [3.8, 4) is 0 Å². The highest BCUT2D eigenvalue weighted by Crippen LogP contribution is 2.12. The van der Waals surface area contributed by atoms with E-state index in [0.29, 0.717) is 16.4 Å². The zero-order valence-electron chi connectivity index (χ0n) is 8.05. The van der Waals surface area contributed by atoms with Gasteiger partial charge in [-0.15, -0.1) is 6.58 Å². The van der Waals surface area contributed by atoms with Crippen LogP contribution < -0.4 is 11.1 Å². The molecule has 0 bridgehead atoms. The van der Waals surface area contributed by atoms with Gasteiger partial charge in [-0.2, -0.15) is 4.98 Å². The second kappa shape index (κ2) is 4.95. The minimum absolute atomic E-state index is 0.449. The molecule has 0 aliphatic heterocycles. The smallest absolute Gasteiger partial charge is 0.225 e. The summed E-state index contributed by atoms with van der Waals surface area (Å²) in [6.45, 7) is 6.56. The molecule has 0 aliphatic carbocycles. The lowest BCUT2D eigenvalue weighted by molar-refractivity contribution is 0.970. The average molecular weight is 257 g/mol.